The Hall–Kier alpha value is -2.81. The van der Waals surface area contributed by atoms with E-state index in [1.165, 1.54) is 12.3 Å². The first-order chi connectivity index (χ1) is 10.6. The summed E-state index contributed by atoms with van der Waals surface area (Å²) < 4.78 is 0. The van der Waals surface area contributed by atoms with Crippen LogP contribution in [0.15, 0.2) is 65.7 Å². The summed E-state index contributed by atoms with van der Waals surface area (Å²) in [5.74, 6) is -0.0413. The monoisotopic (exact) mass is 288 g/mol. The van der Waals surface area contributed by atoms with E-state index in [4.69, 9.17) is 0 Å². The Morgan fingerprint density at radius 2 is 1.59 bits per heavy atom. The van der Waals surface area contributed by atoms with E-state index in [-0.39, 0.29) is 5.78 Å². The number of Topliss-reactive ketones (excluding diaryl/α,β-unsaturated/α-hetero) is 1. The number of hydrogen-bond donors (Lipinski definition) is 0. The van der Waals surface area contributed by atoms with Gasteiger partial charge in [-0.3, -0.25) is 9.79 Å². The zero-order valence-electron chi connectivity index (χ0n) is 12.6. The minimum absolute atomic E-state index is 0.0413. The first-order valence-corrected chi connectivity index (χ1v) is 7.16. The molecule has 22 heavy (non-hydrogen) atoms. The van der Waals surface area contributed by atoms with E-state index < -0.39 is 0 Å². The lowest BCUT2D eigenvalue weighted by molar-refractivity contribution is 0.101. The molecule has 1 heterocycles. The maximum absolute atomic E-state index is 11.4. The van der Waals surface area contributed by atoms with Crippen LogP contribution in [-0.4, -0.2) is 16.5 Å². The zero-order chi connectivity index (χ0) is 15.5. The van der Waals surface area contributed by atoms with Crippen LogP contribution in [0.5, 0.6) is 0 Å². The van der Waals surface area contributed by atoms with E-state index in [9.17, 15) is 4.79 Å². The Kier molecular flexibility index (Phi) is 3.79. The molecule has 2 aromatic carbocycles. The van der Waals surface area contributed by atoms with Crippen molar-refractivity contribution < 1.29 is 4.79 Å². The predicted octanol–water partition coefficient (Wildman–Crippen LogP) is 4.58. The summed E-state index contributed by atoms with van der Waals surface area (Å²) in [5, 5.41) is 2.35. The van der Waals surface area contributed by atoms with Gasteiger partial charge in [-0.15, -0.1) is 0 Å². The van der Waals surface area contributed by atoms with Crippen LogP contribution in [0.25, 0.3) is 10.8 Å². The van der Waals surface area contributed by atoms with Crippen molar-refractivity contribution in [3.05, 3.63) is 72.1 Å². The van der Waals surface area contributed by atoms with Gasteiger partial charge in [0, 0.05) is 6.92 Å². The van der Waals surface area contributed by atoms with Crippen molar-refractivity contribution in [1.82, 2.24) is 4.98 Å². The summed E-state index contributed by atoms with van der Waals surface area (Å²) in [5.41, 5.74) is 2.86. The van der Waals surface area contributed by atoms with Gasteiger partial charge in [-0.2, -0.15) is 0 Å². The fourth-order valence-corrected chi connectivity index (χ4v) is 2.33. The van der Waals surface area contributed by atoms with E-state index in [0.29, 0.717) is 5.69 Å². The SMILES string of the molecule is CC(=O)c1cccc(/C(C)=N/c2ccc3ccccc3c2)n1. The maximum Gasteiger partial charge on any atom is 0.178 e. The number of aromatic nitrogens is 1. The van der Waals surface area contributed by atoms with Crippen molar-refractivity contribution in [2.45, 2.75) is 13.8 Å². The summed E-state index contributed by atoms with van der Waals surface area (Å²) in [7, 11) is 0. The molecule has 0 aliphatic carbocycles. The normalized spacial score (nSPS) is 11.6. The van der Waals surface area contributed by atoms with Gasteiger partial charge in [-0.05, 0) is 42.0 Å². The Morgan fingerprint density at radius 3 is 2.36 bits per heavy atom. The van der Waals surface area contributed by atoms with Gasteiger partial charge in [0.1, 0.15) is 5.69 Å². The van der Waals surface area contributed by atoms with Gasteiger partial charge in [-0.1, -0.05) is 36.4 Å². The molecule has 0 atom stereocenters. The zero-order valence-corrected chi connectivity index (χ0v) is 12.6. The molecule has 0 spiro atoms. The number of benzene rings is 2. The van der Waals surface area contributed by atoms with Crippen molar-refractivity contribution in [1.29, 1.82) is 0 Å². The number of fused-ring (bicyclic) bond motifs is 1. The summed E-state index contributed by atoms with van der Waals surface area (Å²) in [4.78, 5) is 20.4. The quantitative estimate of drug-likeness (QED) is 0.523. The van der Waals surface area contributed by atoms with E-state index in [1.807, 2.05) is 43.3 Å². The standard InChI is InChI=1S/C19H16N2O/c1-13(18-8-5-9-19(21-18)14(2)22)20-17-11-10-15-6-3-4-7-16(15)12-17/h3-12H,1-2H3/b20-13+. The molecule has 0 N–H and O–H groups in total. The number of aliphatic imine (C=N–C) groups is 1. The summed E-state index contributed by atoms with van der Waals surface area (Å²) in [6, 6.07) is 19.7. The molecule has 0 amide bonds. The minimum atomic E-state index is -0.0413. The molecule has 1 aromatic heterocycles. The van der Waals surface area contributed by atoms with Crippen molar-refractivity contribution in [3.63, 3.8) is 0 Å². The van der Waals surface area contributed by atoms with Crippen molar-refractivity contribution >= 4 is 28.0 Å². The van der Waals surface area contributed by atoms with E-state index >= 15 is 0 Å². The molecule has 0 radical (unpaired) electrons. The van der Waals surface area contributed by atoms with Crippen molar-refractivity contribution in [2.24, 2.45) is 4.99 Å². The van der Waals surface area contributed by atoms with Crippen LogP contribution in [0.4, 0.5) is 5.69 Å². The molecular weight excluding hydrogens is 272 g/mol. The maximum atomic E-state index is 11.4. The number of pyridine rings is 1. The van der Waals surface area contributed by atoms with Gasteiger partial charge in [0.15, 0.2) is 5.78 Å². The Labute approximate surface area is 129 Å². The lowest BCUT2D eigenvalue weighted by Crippen LogP contribution is -2.03. The highest BCUT2D eigenvalue weighted by atomic mass is 16.1. The number of carbonyl (C=O) groups is 1. The molecule has 3 aromatic rings. The number of ketones is 1. The second kappa shape index (κ2) is 5.90. The average Bonchev–Trinajstić information content (AvgIpc) is 2.55. The average molecular weight is 288 g/mol. The first-order valence-electron chi connectivity index (χ1n) is 7.16. The molecular formula is C19H16N2O. The third-order valence-electron chi connectivity index (χ3n) is 3.51. The Bertz CT molecular complexity index is 881. The van der Waals surface area contributed by atoms with Crippen LogP contribution in [-0.2, 0) is 0 Å². The fourth-order valence-electron chi connectivity index (χ4n) is 2.33. The van der Waals surface area contributed by atoms with Gasteiger partial charge in [0.25, 0.3) is 0 Å². The molecule has 0 saturated carbocycles. The molecule has 0 unspecified atom stereocenters. The molecule has 0 aliphatic rings. The minimum Gasteiger partial charge on any atom is -0.293 e. The molecule has 0 bridgehead atoms. The highest BCUT2D eigenvalue weighted by Crippen LogP contribution is 2.21. The number of nitrogens with zero attached hydrogens (tertiary/aromatic N) is 2. The largest absolute Gasteiger partial charge is 0.293 e. The van der Waals surface area contributed by atoms with Crippen molar-refractivity contribution in [3.8, 4) is 0 Å². The molecule has 3 nitrogen and oxygen atoms in total. The molecule has 0 saturated heterocycles. The number of carbonyl (C=O) groups excluding carboxylic acids is 1. The van der Waals surface area contributed by atoms with Crippen LogP contribution in [0.1, 0.15) is 30.0 Å². The predicted molar refractivity (Wildman–Crippen MR) is 90.1 cm³/mol. The van der Waals surface area contributed by atoms with Gasteiger partial charge in [-0.25, -0.2) is 4.98 Å². The molecule has 108 valence electrons. The second-order valence-corrected chi connectivity index (χ2v) is 5.19. The topological polar surface area (TPSA) is 42.3 Å². The second-order valence-electron chi connectivity index (χ2n) is 5.19. The van der Waals surface area contributed by atoms with Crippen LogP contribution in [0.3, 0.4) is 0 Å². The van der Waals surface area contributed by atoms with Gasteiger partial charge in [0.2, 0.25) is 0 Å². The van der Waals surface area contributed by atoms with Crippen LogP contribution in [0, 0.1) is 0 Å². The van der Waals surface area contributed by atoms with Gasteiger partial charge >= 0.3 is 0 Å². The number of rotatable bonds is 3. The lowest BCUT2D eigenvalue weighted by Gasteiger charge is -2.04. The third-order valence-corrected chi connectivity index (χ3v) is 3.51. The molecule has 3 heteroatoms. The molecule has 0 fully saturated rings. The van der Waals surface area contributed by atoms with E-state index in [0.717, 1.165) is 22.5 Å². The smallest absolute Gasteiger partial charge is 0.178 e. The highest BCUT2D eigenvalue weighted by molar-refractivity contribution is 6.00. The van der Waals surface area contributed by atoms with E-state index in [1.54, 1.807) is 6.07 Å². The summed E-state index contributed by atoms with van der Waals surface area (Å²) in [6.45, 7) is 3.42. The summed E-state index contributed by atoms with van der Waals surface area (Å²) >= 11 is 0. The van der Waals surface area contributed by atoms with Crippen LogP contribution >= 0.6 is 0 Å². The van der Waals surface area contributed by atoms with Gasteiger partial charge < -0.3 is 0 Å². The summed E-state index contributed by atoms with van der Waals surface area (Å²) in [6.07, 6.45) is 0. The third kappa shape index (κ3) is 2.93. The molecule has 0 aliphatic heterocycles. The van der Waals surface area contributed by atoms with Crippen LogP contribution < -0.4 is 0 Å². The first kappa shape index (κ1) is 14.1. The van der Waals surface area contributed by atoms with Gasteiger partial charge in [0.05, 0.1) is 17.1 Å². The van der Waals surface area contributed by atoms with Crippen molar-refractivity contribution in [2.75, 3.05) is 0 Å². The van der Waals surface area contributed by atoms with E-state index in [2.05, 4.69) is 28.2 Å². The lowest BCUT2D eigenvalue weighted by atomic mass is 10.1. The fraction of sp³-hybridized carbons (Fsp3) is 0.105. The number of hydrogen-bond acceptors (Lipinski definition) is 3. The van der Waals surface area contributed by atoms with Crippen LogP contribution in [0.2, 0.25) is 0 Å². The Balaban J connectivity index is 1.98. The Morgan fingerprint density at radius 1 is 0.864 bits per heavy atom. The molecule has 3 rings (SSSR count). The highest BCUT2D eigenvalue weighted by Gasteiger charge is 2.05.